The van der Waals surface area contributed by atoms with Gasteiger partial charge in [-0.2, -0.15) is 0 Å². The molecule has 1 aliphatic rings. The summed E-state index contributed by atoms with van der Waals surface area (Å²) < 4.78 is 7.34. The molecule has 0 radical (unpaired) electrons. The van der Waals surface area contributed by atoms with Gasteiger partial charge >= 0.3 is 6.09 Å². The Morgan fingerprint density at radius 2 is 1.87 bits per heavy atom. The van der Waals surface area contributed by atoms with Gasteiger partial charge in [0.15, 0.2) is 0 Å². The van der Waals surface area contributed by atoms with Crippen LogP contribution in [0.1, 0.15) is 55.7 Å². The van der Waals surface area contributed by atoms with E-state index < -0.39 is 10.5 Å². The summed E-state index contributed by atoms with van der Waals surface area (Å²) in [4.78, 5) is 37.5. The third-order valence-corrected chi connectivity index (χ3v) is 5.18. The number of aromatic nitrogens is 1. The Balaban J connectivity index is 1.66. The van der Waals surface area contributed by atoms with Gasteiger partial charge in [-0.3, -0.25) is 14.9 Å². The maximum atomic E-state index is 12.8. The predicted molar refractivity (Wildman–Crippen MR) is 116 cm³/mol. The van der Waals surface area contributed by atoms with Crippen LogP contribution in [0.25, 0.3) is 0 Å². The van der Waals surface area contributed by atoms with E-state index in [1.807, 2.05) is 31.5 Å². The Bertz CT molecular complexity index is 984. The Morgan fingerprint density at radius 3 is 2.48 bits per heavy atom. The maximum absolute atomic E-state index is 12.8. The lowest BCUT2D eigenvalue weighted by Crippen LogP contribution is -2.42. The number of anilines is 1. The summed E-state index contributed by atoms with van der Waals surface area (Å²) in [5.74, 6) is -0.335. The summed E-state index contributed by atoms with van der Waals surface area (Å²) >= 11 is 0. The summed E-state index contributed by atoms with van der Waals surface area (Å²) in [5.41, 5.74) is 0.796. The van der Waals surface area contributed by atoms with E-state index in [1.165, 1.54) is 6.07 Å². The zero-order valence-corrected chi connectivity index (χ0v) is 18.3. The Morgan fingerprint density at radius 1 is 1.19 bits per heavy atom. The molecule has 1 aromatic carbocycles. The molecular formula is C22H28N4O5. The number of carbonyl (C=O) groups excluding carboxylic acids is 2. The van der Waals surface area contributed by atoms with E-state index >= 15 is 0 Å². The summed E-state index contributed by atoms with van der Waals surface area (Å²) in [6.45, 7) is 8.26. The molecule has 9 heteroatoms. The van der Waals surface area contributed by atoms with E-state index in [9.17, 15) is 19.7 Å². The molecule has 0 saturated carbocycles. The zero-order chi connectivity index (χ0) is 22.8. The van der Waals surface area contributed by atoms with Crippen molar-refractivity contribution in [1.29, 1.82) is 0 Å². The van der Waals surface area contributed by atoms with E-state index in [-0.39, 0.29) is 23.7 Å². The quantitative estimate of drug-likeness (QED) is 0.569. The molecule has 166 valence electrons. The van der Waals surface area contributed by atoms with E-state index in [2.05, 4.69) is 5.32 Å². The molecule has 0 unspecified atom stereocenters. The first-order chi connectivity index (χ1) is 14.5. The van der Waals surface area contributed by atoms with Crippen molar-refractivity contribution in [3.63, 3.8) is 0 Å². The van der Waals surface area contributed by atoms with Gasteiger partial charge in [0.2, 0.25) is 0 Å². The van der Waals surface area contributed by atoms with Crippen LogP contribution in [0.2, 0.25) is 0 Å². The summed E-state index contributed by atoms with van der Waals surface area (Å²) in [7, 11) is 0. The second-order valence-electron chi connectivity index (χ2n) is 8.71. The number of nitrogens with one attached hydrogen (secondary N) is 1. The molecular weight excluding hydrogens is 400 g/mol. The molecule has 2 aromatic rings. The number of benzene rings is 1. The summed E-state index contributed by atoms with van der Waals surface area (Å²) in [6.07, 6.45) is 2.92. The summed E-state index contributed by atoms with van der Waals surface area (Å²) in [6, 6.07) is 8.21. The monoisotopic (exact) mass is 428 g/mol. The maximum Gasteiger partial charge on any atom is 0.410 e. The minimum absolute atomic E-state index is 0.0392. The standard InChI is InChI=1S/C22H28N4O5/c1-15-7-8-16(14-19(15)26(29)30)23-20(27)18-6-5-11-25(18)17-9-12-24(13-10-17)21(28)31-22(2,3)4/h5-8,11,14,17H,9-10,12-13H2,1-4H3,(H,23,27). The van der Waals surface area contributed by atoms with Gasteiger partial charge in [-0.05, 0) is 58.7 Å². The third kappa shape index (κ3) is 5.42. The lowest BCUT2D eigenvalue weighted by molar-refractivity contribution is -0.385. The zero-order valence-electron chi connectivity index (χ0n) is 18.3. The Kier molecular flexibility index (Phi) is 6.33. The molecule has 3 rings (SSSR count). The van der Waals surface area contributed by atoms with Crippen molar-refractivity contribution in [1.82, 2.24) is 9.47 Å². The second-order valence-corrected chi connectivity index (χ2v) is 8.71. The lowest BCUT2D eigenvalue weighted by Gasteiger charge is -2.34. The van der Waals surface area contributed by atoms with Crippen LogP contribution in [-0.2, 0) is 4.74 Å². The average molecular weight is 428 g/mol. The minimum Gasteiger partial charge on any atom is -0.444 e. The van der Waals surface area contributed by atoms with Gasteiger partial charge in [0.05, 0.1) is 4.92 Å². The topological polar surface area (TPSA) is 107 Å². The number of nitro groups is 1. The van der Waals surface area contributed by atoms with Crippen LogP contribution in [0.15, 0.2) is 36.5 Å². The first kappa shape index (κ1) is 22.3. The van der Waals surface area contributed by atoms with Gasteiger partial charge in [0.1, 0.15) is 11.3 Å². The number of rotatable bonds is 4. The number of nitro benzene ring substituents is 1. The number of nitrogens with zero attached hydrogens (tertiary/aromatic N) is 3. The van der Waals surface area contributed by atoms with Gasteiger partial charge in [-0.15, -0.1) is 0 Å². The highest BCUT2D eigenvalue weighted by atomic mass is 16.6. The van der Waals surface area contributed by atoms with Crippen LogP contribution in [0.3, 0.4) is 0 Å². The average Bonchev–Trinajstić information content (AvgIpc) is 3.18. The van der Waals surface area contributed by atoms with Crippen molar-refractivity contribution in [2.45, 2.75) is 52.2 Å². The number of hydrogen-bond acceptors (Lipinski definition) is 5. The molecule has 1 fully saturated rings. The van der Waals surface area contributed by atoms with Gasteiger partial charge < -0.3 is 19.5 Å². The Labute approximate surface area is 181 Å². The molecule has 0 aliphatic carbocycles. The number of carbonyl (C=O) groups is 2. The molecule has 9 nitrogen and oxygen atoms in total. The molecule has 0 spiro atoms. The van der Waals surface area contributed by atoms with Crippen molar-refractivity contribution in [2.24, 2.45) is 0 Å². The summed E-state index contributed by atoms with van der Waals surface area (Å²) in [5, 5.41) is 13.9. The highest BCUT2D eigenvalue weighted by molar-refractivity contribution is 6.03. The van der Waals surface area contributed by atoms with Crippen LogP contribution < -0.4 is 5.32 Å². The predicted octanol–water partition coefficient (Wildman–Crippen LogP) is 4.53. The van der Waals surface area contributed by atoms with Gasteiger partial charge in [-0.25, -0.2) is 4.79 Å². The molecule has 2 amide bonds. The van der Waals surface area contributed by atoms with Crippen LogP contribution in [0.4, 0.5) is 16.2 Å². The highest BCUT2D eigenvalue weighted by Crippen LogP contribution is 2.27. The van der Waals surface area contributed by atoms with E-state index in [4.69, 9.17) is 4.74 Å². The molecule has 1 aliphatic heterocycles. The molecule has 0 atom stereocenters. The van der Waals surface area contributed by atoms with Gasteiger partial charge in [-0.1, -0.05) is 6.07 Å². The van der Waals surface area contributed by atoms with Crippen LogP contribution in [0, 0.1) is 17.0 Å². The number of aryl methyl sites for hydroxylation is 1. The lowest BCUT2D eigenvalue weighted by atomic mass is 10.0. The largest absolute Gasteiger partial charge is 0.444 e. The fourth-order valence-corrected chi connectivity index (χ4v) is 3.64. The van der Waals surface area contributed by atoms with Crippen molar-refractivity contribution < 1.29 is 19.2 Å². The fraction of sp³-hybridized carbons (Fsp3) is 0.455. The van der Waals surface area contributed by atoms with E-state index in [1.54, 1.807) is 36.1 Å². The van der Waals surface area contributed by atoms with Gasteiger partial charge in [0, 0.05) is 42.6 Å². The molecule has 31 heavy (non-hydrogen) atoms. The van der Waals surface area contributed by atoms with Crippen molar-refractivity contribution in [3.8, 4) is 0 Å². The number of ether oxygens (including phenoxy) is 1. The van der Waals surface area contributed by atoms with Gasteiger partial charge in [0.25, 0.3) is 11.6 Å². The first-order valence-electron chi connectivity index (χ1n) is 10.3. The first-order valence-corrected chi connectivity index (χ1v) is 10.3. The molecule has 1 aromatic heterocycles. The SMILES string of the molecule is Cc1ccc(NC(=O)c2cccn2C2CCN(C(=O)OC(C)(C)C)CC2)cc1[N+](=O)[O-]. The molecule has 2 heterocycles. The highest BCUT2D eigenvalue weighted by Gasteiger charge is 2.28. The third-order valence-electron chi connectivity index (χ3n) is 5.18. The van der Waals surface area contributed by atoms with Crippen LogP contribution in [-0.4, -0.2) is 45.1 Å². The van der Waals surface area contributed by atoms with E-state index in [0.29, 0.717) is 42.9 Å². The Hall–Kier alpha value is -3.36. The van der Waals surface area contributed by atoms with Crippen LogP contribution >= 0.6 is 0 Å². The van der Waals surface area contributed by atoms with Crippen molar-refractivity contribution in [3.05, 3.63) is 57.9 Å². The van der Waals surface area contributed by atoms with Crippen molar-refractivity contribution >= 4 is 23.4 Å². The smallest absolute Gasteiger partial charge is 0.410 e. The fourth-order valence-electron chi connectivity index (χ4n) is 3.64. The van der Waals surface area contributed by atoms with E-state index in [0.717, 1.165) is 0 Å². The van der Waals surface area contributed by atoms with Crippen molar-refractivity contribution in [2.75, 3.05) is 18.4 Å². The second kappa shape index (κ2) is 8.79. The molecule has 1 saturated heterocycles. The molecule has 0 bridgehead atoms. The van der Waals surface area contributed by atoms with Crippen LogP contribution in [0.5, 0.6) is 0 Å². The number of piperidine rings is 1. The normalized spacial score (nSPS) is 14.9. The number of likely N-dealkylation sites (tertiary alicyclic amines) is 1. The number of amides is 2. The number of hydrogen-bond donors (Lipinski definition) is 1. The minimum atomic E-state index is -0.537. The molecule has 1 N–H and O–H groups in total.